The lowest BCUT2D eigenvalue weighted by Gasteiger charge is -2.25. The highest BCUT2D eigenvalue weighted by molar-refractivity contribution is 5.99. The summed E-state index contributed by atoms with van der Waals surface area (Å²) in [7, 11) is 0. The molecule has 0 amide bonds. The average Bonchev–Trinajstić information content (AvgIpc) is 2.48. The Kier molecular flexibility index (Phi) is 3.20. The number of hydrogen-bond donors (Lipinski definition) is 0. The van der Waals surface area contributed by atoms with E-state index in [0.29, 0.717) is 18.1 Å². The van der Waals surface area contributed by atoms with Gasteiger partial charge in [0.2, 0.25) is 0 Å². The van der Waals surface area contributed by atoms with Gasteiger partial charge in [0.15, 0.2) is 5.78 Å². The summed E-state index contributed by atoms with van der Waals surface area (Å²) >= 11 is 0. The molecule has 1 nitrogen and oxygen atoms in total. The SMILES string of the molecule is CCc1ccc2c(c1)C(=O)CC[C@@H]2c1ccccc1. The van der Waals surface area contributed by atoms with Gasteiger partial charge in [-0.1, -0.05) is 49.4 Å². The molecule has 0 unspecified atom stereocenters. The second-order valence-electron chi connectivity index (χ2n) is 5.20. The van der Waals surface area contributed by atoms with Crippen LogP contribution in [0.3, 0.4) is 0 Å². The lowest BCUT2D eigenvalue weighted by atomic mass is 9.78. The maximum absolute atomic E-state index is 12.1. The van der Waals surface area contributed by atoms with Gasteiger partial charge >= 0.3 is 0 Å². The Morgan fingerprint density at radius 3 is 2.63 bits per heavy atom. The van der Waals surface area contributed by atoms with Gasteiger partial charge in [-0.3, -0.25) is 4.79 Å². The molecule has 0 N–H and O–H groups in total. The Labute approximate surface area is 114 Å². The minimum absolute atomic E-state index is 0.303. The van der Waals surface area contributed by atoms with Crippen molar-refractivity contribution in [1.82, 2.24) is 0 Å². The molecule has 0 aromatic heterocycles. The van der Waals surface area contributed by atoms with Crippen LogP contribution in [-0.4, -0.2) is 5.78 Å². The molecule has 96 valence electrons. The minimum atomic E-state index is 0.303. The summed E-state index contributed by atoms with van der Waals surface area (Å²) in [5.74, 6) is 0.678. The van der Waals surface area contributed by atoms with Crippen LogP contribution in [0.15, 0.2) is 48.5 Å². The van der Waals surface area contributed by atoms with Crippen molar-refractivity contribution in [1.29, 1.82) is 0 Å². The number of rotatable bonds is 2. The number of fused-ring (bicyclic) bond motifs is 1. The van der Waals surface area contributed by atoms with Crippen LogP contribution >= 0.6 is 0 Å². The average molecular weight is 250 g/mol. The smallest absolute Gasteiger partial charge is 0.163 e. The molecule has 1 aliphatic rings. The Bertz CT molecular complexity index is 598. The zero-order valence-corrected chi connectivity index (χ0v) is 11.2. The molecular formula is C18H18O. The number of hydrogen-bond acceptors (Lipinski definition) is 1. The van der Waals surface area contributed by atoms with Crippen molar-refractivity contribution in [3.8, 4) is 0 Å². The molecule has 1 atom stereocenters. The first kappa shape index (κ1) is 12.2. The van der Waals surface area contributed by atoms with Crippen molar-refractivity contribution < 1.29 is 4.79 Å². The monoisotopic (exact) mass is 250 g/mol. The van der Waals surface area contributed by atoms with Gasteiger partial charge in [-0.25, -0.2) is 0 Å². The molecule has 0 radical (unpaired) electrons. The zero-order chi connectivity index (χ0) is 13.2. The first-order chi connectivity index (χ1) is 9.29. The Morgan fingerprint density at radius 2 is 1.89 bits per heavy atom. The Balaban J connectivity index is 2.08. The molecule has 1 aliphatic carbocycles. The molecule has 19 heavy (non-hydrogen) atoms. The minimum Gasteiger partial charge on any atom is -0.294 e. The van der Waals surface area contributed by atoms with Crippen molar-refractivity contribution in [3.63, 3.8) is 0 Å². The van der Waals surface area contributed by atoms with Gasteiger partial charge < -0.3 is 0 Å². The van der Waals surface area contributed by atoms with Gasteiger partial charge in [0.1, 0.15) is 0 Å². The van der Waals surface area contributed by atoms with Crippen LogP contribution in [0.1, 0.15) is 52.7 Å². The molecular weight excluding hydrogens is 232 g/mol. The molecule has 0 heterocycles. The highest BCUT2D eigenvalue weighted by atomic mass is 16.1. The second-order valence-corrected chi connectivity index (χ2v) is 5.20. The van der Waals surface area contributed by atoms with Gasteiger partial charge in [0.05, 0.1) is 0 Å². The number of Topliss-reactive ketones (excluding diaryl/α,β-unsaturated/α-hetero) is 1. The molecule has 0 saturated carbocycles. The van der Waals surface area contributed by atoms with E-state index in [4.69, 9.17) is 0 Å². The highest BCUT2D eigenvalue weighted by Gasteiger charge is 2.26. The standard InChI is InChI=1S/C18H18O/c1-2-13-8-9-16-15(14-6-4-3-5-7-14)10-11-18(19)17(16)12-13/h3-9,12,15H,2,10-11H2,1H3/t15-/m1/s1. The Morgan fingerprint density at radius 1 is 1.11 bits per heavy atom. The molecule has 2 aromatic carbocycles. The lowest BCUT2D eigenvalue weighted by molar-refractivity contribution is 0.0969. The Hall–Kier alpha value is -1.89. The number of ketones is 1. The van der Waals surface area contributed by atoms with Crippen LogP contribution in [0.2, 0.25) is 0 Å². The summed E-state index contributed by atoms with van der Waals surface area (Å²) < 4.78 is 0. The van der Waals surface area contributed by atoms with E-state index >= 15 is 0 Å². The lowest BCUT2D eigenvalue weighted by Crippen LogP contribution is -2.17. The predicted molar refractivity (Wildman–Crippen MR) is 77.7 cm³/mol. The first-order valence-corrected chi connectivity index (χ1v) is 7.00. The van der Waals surface area contributed by atoms with Crippen LogP contribution in [0.4, 0.5) is 0 Å². The fourth-order valence-electron chi connectivity index (χ4n) is 2.97. The van der Waals surface area contributed by atoms with Crippen molar-refractivity contribution in [2.75, 3.05) is 0 Å². The van der Waals surface area contributed by atoms with Gasteiger partial charge in [0.25, 0.3) is 0 Å². The topological polar surface area (TPSA) is 17.1 Å². The third-order valence-corrected chi connectivity index (χ3v) is 4.06. The normalized spacial score (nSPS) is 18.2. The molecule has 0 aliphatic heterocycles. The summed E-state index contributed by atoms with van der Waals surface area (Å²) in [6.07, 6.45) is 2.58. The highest BCUT2D eigenvalue weighted by Crippen LogP contribution is 2.36. The number of benzene rings is 2. The third-order valence-electron chi connectivity index (χ3n) is 4.06. The molecule has 0 spiro atoms. The van der Waals surface area contributed by atoms with Crippen LogP contribution in [0, 0.1) is 0 Å². The van der Waals surface area contributed by atoms with E-state index in [0.717, 1.165) is 18.4 Å². The summed E-state index contributed by atoms with van der Waals surface area (Å²) in [6.45, 7) is 2.13. The largest absolute Gasteiger partial charge is 0.294 e. The van der Waals surface area contributed by atoms with Crippen LogP contribution < -0.4 is 0 Å². The number of carbonyl (C=O) groups excluding carboxylic acids is 1. The molecule has 0 fully saturated rings. The van der Waals surface area contributed by atoms with Crippen molar-refractivity contribution in [2.24, 2.45) is 0 Å². The second kappa shape index (κ2) is 5.00. The van der Waals surface area contributed by atoms with Gasteiger partial charge in [0, 0.05) is 17.9 Å². The van der Waals surface area contributed by atoms with E-state index in [-0.39, 0.29) is 0 Å². The van der Waals surface area contributed by atoms with E-state index in [9.17, 15) is 4.79 Å². The van der Waals surface area contributed by atoms with Crippen LogP contribution in [-0.2, 0) is 6.42 Å². The summed E-state index contributed by atoms with van der Waals surface area (Å²) in [4.78, 5) is 12.1. The summed E-state index contributed by atoms with van der Waals surface area (Å²) in [5, 5.41) is 0. The van der Waals surface area contributed by atoms with E-state index in [1.807, 2.05) is 6.07 Å². The zero-order valence-electron chi connectivity index (χ0n) is 11.2. The molecule has 3 rings (SSSR count). The molecule has 1 heteroatoms. The quantitative estimate of drug-likeness (QED) is 0.774. The van der Waals surface area contributed by atoms with Crippen molar-refractivity contribution >= 4 is 5.78 Å². The molecule has 2 aromatic rings. The van der Waals surface area contributed by atoms with E-state index in [1.54, 1.807) is 0 Å². The van der Waals surface area contributed by atoms with Gasteiger partial charge in [-0.15, -0.1) is 0 Å². The van der Waals surface area contributed by atoms with Crippen LogP contribution in [0.25, 0.3) is 0 Å². The van der Waals surface area contributed by atoms with Crippen molar-refractivity contribution in [2.45, 2.75) is 32.1 Å². The predicted octanol–water partition coefficient (Wildman–Crippen LogP) is 4.36. The number of carbonyl (C=O) groups is 1. The number of aryl methyl sites for hydroxylation is 1. The molecule has 0 bridgehead atoms. The summed E-state index contributed by atoms with van der Waals surface area (Å²) in [5.41, 5.74) is 4.72. The first-order valence-electron chi connectivity index (χ1n) is 7.00. The van der Waals surface area contributed by atoms with E-state index in [2.05, 4.69) is 49.4 Å². The van der Waals surface area contributed by atoms with Crippen molar-refractivity contribution in [3.05, 3.63) is 70.8 Å². The fraction of sp³-hybridized carbons (Fsp3) is 0.278. The van der Waals surface area contributed by atoms with Gasteiger partial charge in [-0.05, 0) is 35.6 Å². The van der Waals surface area contributed by atoms with Gasteiger partial charge in [-0.2, -0.15) is 0 Å². The third kappa shape index (κ3) is 2.21. The maximum Gasteiger partial charge on any atom is 0.163 e. The van der Waals surface area contributed by atoms with E-state index < -0.39 is 0 Å². The molecule has 0 saturated heterocycles. The fourth-order valence-corrected chi connectivity index (χ4v) is 2.97. The maximum atomic E-state index is 12.1. The van der Waals surface area contributed by atoms with E-state index in [1.165, 1.54) is 16.7 Å². The van der Waals surface area contributed by atoms with Crippen LogP contribution in [0.5, 0.6) is 0 Å². The summed E-state index contributed by atoms with van der Waals surface area (Å²) in [6, 6.07) is 16.9.